The first kappa shape index (κ1) is 23.8. The number of benzene rings is 2. The number of anilines is 3. The third kappa shape index (κ3) is 5.64. The zero-order valence-corrected chi connectivity index (χ0v) is 19.3. The normalized spacial score (nSPS) is 13.8. The molecule has 36 heavy (non-hydrogen) atoms. The van der Waals surface area contributed by atoms with Crippen LogP contribution in [0.4, 0.5) is 35.0 Å². The lowest BCUT2D eigenvalue weighted by Gasteiger charge is -2.18. The Labute approximate surface area is 205 Å². The minimum Gasteiger partial charge on any atom is -0.372 e. The minimum absolute atomic E-state index is 0.0341. The monoisotopic (exact) mass is 496 g/mol. The molecule has 5 rings (SSSR count). The van der Waals surface area contributed by atoms with E-state index in [1.165, 1.54) is 30.7 Å². The van der Waals surface area contributed by atoms with Crippen LogP contribution < -0.4 is 15.5 Å². The molecule has 0 aliphatic carbocycles. The Hall–Kier alpha value is -3.95. The topological polar surface area (TPSA) is 66.0 Å². The van der Waals surface area contributed by atoms with E-state index in [2.05, 4.69) is 42.6 Å². The summed E-state index contributed by atoms with van der Waals surface area (Å²) in [7, 11) is 0. The van der Waals surface area contributed by atoms with Crippen molar-refractivity contribution in [3.63, 3.8) is 0 Å². The largest absolute Gasteiger partial charge is 0.405 e. The molecule has 2 aromatic heterocycles. The molecule has 1 fully saturated rings. The minimum atomic E-state index is -4.43. The smallest absolute Gasteiger partial charge is 0.372 e. The Morgan fingerprint density at radius 2 is 1.53 bits per heavy atom. The molecular weight excluding hydrogens is 472 g/mol. The molecule has 2 N–H and O–H groups in total. The number of nitrogens with one attached hydrogen (secondary N) is 2. The standard InChI is InChI=1S/C26H24F4N6/c27-19-7-5-18(6-8-19)21-11-12-22-23(33-21)24(32-16-26(28,29)30)35-25(34-22)31-15-17-3-9-20(10-4-17)36-13-1-2-14-36/h3-12H,1-2,13-16H2,(H2,31,32,34,35). The molecule has 1 saturated heterocycles. The highest BCUT2D eigenvalue weighted by Crippen LogP contribution is 2.27. The summed E-state index contributed by atoms with van der Waals surface area (Å²) >= 11 is 0. The van der Waals surface area contributed by atoms with Gasteiger partial charge in [-0.1, -0.05) is 12.1 Å². The maximum Gasteiger partial charge on any atom is 0.405 e. The van der Waals surface area contributed by atoms with Crippen molar-refractivity contribution in [3.8, 4) is 11.3 Å². The number of alkyl halides is 3. The summed E-state index contributed by atoms with van der Waals surface area (Å²) in [6, 6.07) is 17.2. The molecule has 0 bridgehead atoms. The quantitative estimate of drug-likeness (QED) is 0.305. The van der Waals surface area contributed by atoms with Crippen molar-refractivity contribution < 1.29 is 17.6 Å². The third-order valence-corrected chi connectivity index (χ3v) is 6.00. The molecule has 0 spiro atoms. The molecule has 0 radical (unpaired) electrons. The SMILES string of the molecule is Fc1ccc(-c2ccc3nc(NCc4ccc(N5CCCC5)cc4)nc(NCC(F)(F)F)c3n2)cc1. The van der Waals surface area contributed by atoms with Crippen molar-refractivity contribution in [2.24, 2.45) is 0 Å². The van der Waals surface area contributed by atoms with E-state index < -0.39 is 18.5 Å². The van der Waals surface area contributed by atoms with Crippen molar-refractivity contribution in [2.45, 2.75) is 25.6 Å². The van der Waals surface area contributed by atoms with E-state index in [-0.39, 0.29) is 17.3 Å². The van der Waals surface area contributed by atoms with Gasteiger partial charge >= 0.3 is 6.18 Å². The molecule has 6 nitrogen and oxygen atoms in total. The zero-order valence-electron chi connectivity index (χ0n) is 19.3. The average molecular weight is 497 g/mol. The molecule has 1 aliphatic heterocycles. The van der Waals surface area contributed by atoms with Gasteiger partial charge in [0, 0.05) is 30.9 Å². The summed E-state index contributed by atoms with van der Waals surface area (Å²) in [5.41, 5.74) is 3.85. The van der Waals surface area contributed by atoms with Gasteiger partial charge in [0.2, 0.25) is 5.95 Å². The van der Waals surface area contributed by atoms with Crippen LogP contribution in [-0.4, -0.2) is 40.8 Å². The first-order chi connectivity index (χ1) is 17.3. The maximum atomic E-state index is 13.3. The predicted molar refractivity (Wildman–Crippen MR) is 132 cm³/mol. The maximum absolute atomic E-state index is 13.3. The lowest BCUT2D eigenvalue weighted by molar-refractivity contribution is -0.115. The van der Waals surface area contributed by atoms with E-state index in [0.717, 1.165) is 18.7 Å². The van der Waals surface area contributed by atoms with E-state index in [1.54, 1.807) is 24.3 Å². The molecular formula is C26H24F4N6. The highest BCUT2D eigenvalue weighted by Gasteiger charge is 2.27. The molecule has 0 amide bonds. The molecule has 10 heteroatoms. The van der Waals surface area contributed by atoms with E-state index >= 15 is 0 Å². The number of pyridine rings is 1. The van der Waals surface area contributed by atoms with Crippen molar-refractivity contribution in [1.29, 1.82) is 0 Å². The number of aromatic nitrogens is 3. The number of rotatable bonds is 7. The summed E-state index contributed by atoms with van der Waals surface area (Å²) in [5.74, 6) is -0.239. The van der Waals surface area contributed by atoms with Crippen molar-refractivity contribution in [1.82, 2.24) is 15.0 Å². The second-order valence-electron chi connectivity index (χ2n) is 8.65. The molecule has 0 atom stereocenters. The van der Waals surface area contributed by atoms with Crippen LogP contribution in [0.5, 0.6) is 0 Å². The zero-order chi connectivity index (χ0) is 25.1. The van der Waals surface area contributed by atoms with Crippen LogP contribution in [-0.2, 0) is 6.54 Å². The van der Waals surface area contributed by atoms with Crippen LogP contribution in [0, 0.1) is 5.82 Å². The first-order valence-electron chi connectivity index (χ1n) is 11.7. The number of hydrogen-bond acceptors (Lipinski definition) is 6. The van der Waals surface area contributed by atoms with Gasteiger partial charge in [0.1, 0.15) is 17.9 Å². The Bertz CT molecular complexity index is 1330. The van der Waals surface area contributed by atoms with Gasteiger partial charge in [0.15, 0.2) is 5.82 Å². The van der Waals surface area contributed by atoms with Gasteiger partial charge < -0.3 is 15.5 Å². The predicted octanol–water partition coefficient (Wildman–Crippen LogP) is 6.02. The van der Waals surface area contributed by atoms with Crippen LogP contribution in [0.2, 0.25) is 0 Å². The summed E-state index contributed by atoms with van der Waals surface area (Å²) in [5, 5.41) is 5.45. The van der Waals surface area contributed by atoms with E-state index in [4.69, 9.17) is 0 Å². The molecule has 1 aliphatic rings. The molecule has 3 heterocycles. The van der Waals surface area contributed by atoms with E-state index in [1.807, 2.05) is 12.1 Å². The number of nitrogens with zero attached hydrogens (tertiary/aromatic N) is 4. The van der Waals surface area contributed by atoms with Gasteiger partial charge in [-0.2, -0.15) is 18.2 Å². The Morgan fingerprint density at radius 1 is 0.806 bits per heavy atom. The summed E-state index contributed by atoms with van der Waals surface area (Å²) in [4.78, 5) is 15.6. The number of fused-ring (bicyclic) bond motifs is 1. The van der Waals surface area contributed by atoms with Gasteiger partial charge in [-0.05, 0) is 66.9 Å². The highest BCUT2D eigenvalue weighted by atomic mass is 19.4. The molecule has 186 valence electrons. The lowest BCUT2D eigenvalue weighted by Crippen LogP contribution is -2.22. The second kappa shape index (κ2) is 9.96. The molecule has 4 aromatic rings. The van der Waals surface area contributed by atoms with Crippen LogP contribution >= 0.6 is 0 Å². The fourth-order valence-electron chi connectivity index (χ4n) is 4.16. The number of hydrogen-bond donors (Lipinski definition) is 2. The Balaban J connectivity index is 1.40. The third-order valence-electron chi connectivity index (χ3n) is 6.00. The fraction of sp³-hybridized carbons (Fsp3) is 0.269. The Kier molecular flexibility index (Phi) is 6.58. The van der Waals surface area contributed by atoms with Crippen LogP contribution in [0.3, 0.4) is 0 Å². The highest BCUT2D eigenvalue weighted by molar-refractivity contribution is 5.88. The molecule has 0 unspecified atom stereocenters. The van der Waals surface area contributed by atoms with Gasteiger partial charge in [-0.25, -0.2) is 14.4 Å². The van der Waals surface area contributed by atoms with Crippen LogP contribution in [0.1, 0.15) is 18.4 Å². The van der Waals surface area contributed by atoms with E-state index in [0.29, 0.717) is 23.3 Å². The summed E-state index contributed by atoms with van der Waals surface area (Å²) in [6.07, 6.45) is -2.03. The van der Waals surface area contributed by atoms with Gasteiger partial charge in [0.25, 0.3) is 0 Å². The van der Waals surface area contributed by atoms with Crippen LogP contribution in [0.25, 0.3) is 22.3 Å². The first-order valence-corrected chi connectivity index (χ1v) is 11.7. The lowest BCUT2D eigenvalue weighted by atomic mass is 10.1. The van der Waals surface area contributed by atoms with Crippen LogP contribution in [0.15, 0.2) is 60.7 Å². The van der Waals surface area contributed by atoms with Crippen molar-refractivity contribution in [2.75, 3.05) is 35.2 Å². The fourth-order valence-corrected chi connectivity index (χ4v) is 4.16. The molecule has 2 aromatic carbocycles. The average Bonchev–Trinajstić information content (AvgIpc) is 3.41. The Morgan fingerprint density at radius 3 is 2.22 bits per heavy atom. The van der Waals surface area contributed by atoms with E-state index in [9.17, 15) is 17.6 Å². The van der Waals surface area contributed by atoms with Gasteiger partial charge in [-0.15, -0.1) is 0 Å². The summed E-state index contributed by atoms with van der Waals surface area (Å²) < 4.78 is 52.2. The van der Waals surface area contributed by atoms with Crippen molar-refractivity contribution >= 4 is 28.5 Å². The number of halogens is 4. The van der Waals surface area contributed by atoms with Gasteiger partial charge in [0.05, 0.1) is 11.2 Å². The van der Waals surface area contributed by atoms with Crippen molar-refractivity contribution in [3.05, 3.63) is 72.0 Å². The van der Waals surface area contributed by atoms with Gasteiger partial charge in [-0.3, -0.25) is 0 Å². The molecule has 0 saturated carbocycles. The summed E-state index contributed by atoms with van der Waals surface area (Å²) in [6.45, 7) is 1.27. The second-order valence-corrected chi connectivity index (χ2v) is 8.65.